The van der Waals surface area contributed by atoms with Crippen LogP contribution in [0.4, 0.5) is 5.69 Å². The van der Waals surface area contributed by atoms with Gasteiger partial charge in [-0.05, 0) is 85.9 Å². The highest BCUT2D eigenvalue weighted by molar-refractivity contribution is 9.10. The van der Waals surface area contributed by atoms with Crippen LogP contribution in [0.1, 0.15) is 43.9 Å². The van der Waals surface area contributed by atoms with E-state index in [4.69, 9.17) is 4.74 Å². The average Bonchev–Trinajstić information content (AvgIpc) is 2.91. The van der Waals surface area contributed by atoms with Gasteiger partial charge in [-0.15, -0.1) is 0 Å². The fourth-order valence-electron chi connectivity index (χ4n) is 4.48. The number of halogens is 1. The van der Waals surface area contributed by atoms with Crippen LogP contribution in [0, 0.1) is 13.8 Å². The molecule has 3 rings (SSSR count). The van der Waals surface area contributed by atoms with Gasteiger partial charge in [-0.2, -0.15) is 0 Å². The van der Waals surface area contributed by atoms with Crippen molar-refractivity contribution in [2.45, 2.75) is 64.6 Å². The summed E-state index contributed by atoms with van der Waals surface area (Å²) in [5.41, 5.74) is 3.15. The smallest absolute Gasteiger partial charge is 0.264 e. The van der Waals surface area contributed by atoms with Gasteiger partial charge in [0.2, 0.25) is 11.8 Å². The maximum absolute atomic E-state index is 14.1. The van der Waals surface area contributed by atoms with Gasteiger partial charge >= 0.3 is 0 Å². The Balaban J connectivity index is 2.09. The van der Waals surface area contributed by atoms with Crippen LogP contribution >= 0.6 is 15.9 Å². The Morgan fingerprint density at radius 3 is 2.22 bits per heavy atom. The number of nitrogens with zero attached hydrogens (tertiary/aromatic N) is 2. The molecule has 8 nitrogen and oxygen atoms in total. The molecule has 0 aliphatic rings. The van der Waals surface area contributed by atoms with Crippen LogP contribution < -0.4 is 14.4 Å². The lowest BCUT2D eigenvalue weighted by Gasteiger charge is -2.33. The van der Waals surface area contributed by atoms with Crippen molar-refractivity contribution in [3.05, 3.63) is 87.9 Å². The first-order valence-electron chi connectivity index (χ1n) is 13.5. The largest absolute Gasteiger partial charge is 0.496 e. The first-order chi connectivity index (χ1) is 19.4. The second-order valence-corrected chi connectivity index (χ2v) is 13.0. The van der Waals surface area contributed by atoms with Gasteiger partial charge in [0.25, 0.3) is 10.0 Å². The Hall–Kier alpha value is -3.37. The van der Waals surface area contributed by atoms with Gasteiger partial charge in [0.05, 0.1) is 22.2 Å². The van der Waals surface area contributed by atoms with Crippen LogP contribution in [-0.2, 0) is 26.2 Å². The number of hydrogen-bond acceptors (Lipinski definition) is 5. The lowest BCUT2D eigenvalue weighted by molar-refractivity contribution is -0.140. The zero-order valence-electron chi connectivity index (χ0n) is 24.3. The van der Waals surface area contributed by atoms with Crippen molar-refractivity contribution in [3.63, 3.8) is 0 Å². The molecule has 1 unspecified atom stereocenters. The second kappa shape index (κ2) is 14.0. The van der Waals surface area contributed by atoms with E-state index in [-0.39, 0.29) is 23.4 Å². The summed E-state index contributed by atoms with van der Waals surface area (Å²) in [6.07, 6.45) is 0.360. The molecule has 3 aromatic rings. The third kappa shape index (κ3) is 8.10. The summed E-state index contributed by atoms with van der Waals surface area (Å²) in [6.45, 7) is 9.07. The molecule has 2 amide bonds. The summed E-state index contributed by atoms with van der Waals surface area (Å²) < 4.78 is 35.0. The monoisotopic (exact) mass is 643 g/mol. The molecular formula is C31H38BrN3O5S. The number of methoxy groups -OCH3 is 1. The number of benzene rings is 3. The maximum Gasteiger partial charge on any atom is 0.264 e. The molecule has 3 aromatic carbocycles. The van der Waals surface area contributed by atoms with E-state index in [9.17, 15) is 18.0 Å². The zero-order chi connectivity index (χ0) is 30.3. The van der Waals surface area contributed by atoms with Crippen molar-refractivity contribution in [2.75, 3.05) is 18.0 Å². The van der Waals surface area contributed by atoms with Gasteiger partial charge in [-0.25, -0.2) is 8.42 Å². The van der Waals surface area contributed by atoms with Gasteiger partial charge in [-0.1, -0.05) is 54.4 Å². The highest BCUT2D eigenvalue weighted by atomic mass is 79.9. The minimum Gasteiger partial charge on any atom is -0.496 e. The van der Waals surface area contributed by atoms with Crippen LogP contribution in [0.15, 0.2) is 76.1 Å². The molecule has 0 radical (unpaired) electrons. The van der Waals surface area contributed by atoms with Gasteiger partial charge in [0, 0.05) is 12.6 Å². The summed E-state index contributed by atoms with van der Waals surface area (Å²) in [6, 6.07) is 18.2. The number of rotatable bonds is 12. The van der Waals surface area contributed by atoms with E-state index in [1.54, 1.807) is 30.3 Å². The molecule has 0 heterocycles. The predicted molar refractivity (Wildman–Crippen MR) is 165 cm³/mol. The molecule has 0 aromatic heterocycles. The molecular weight excluding hydrogens is 606 g/mol. The number of sulfonamides is 1. The molecule has 1 N–H and O–H groups in total. The molecule has 41 heavy (non-hydrogen) atoms. The standard InChI is InChI=1S/C31H38BrN3O5S/c1-7-28(31(37)33-21(2)3)34(19-24-10-8-9-23(5)17-24)30(36)20-35(25-13-11-22(4)12-14-25)41(38,39)26-15-16-29(40-6)27(32)18-26/h8-18,21,28H,7,19-20H2,1-6H3,(H,33,37). The highest BCUT2D eigenvalue weighted by Gasteiger charge is 2.34. The topological polar surface area (TPSA) is 96.0 Å². The first kappa shape index (κ1) is 32.1. The van der Waals surface area contributed by atoms with Crippen LogP contribution in [0.25, 0.3) is 0 Å². The number of aryl methyl sites for hydroxylation is 2. The first-order valence-corrected chi connectivity index (χ1v) is 15.7. The van der Waals surface area contributed by atoms with Crippen molar-refractivity contribution in [1.82, 2.24) is 10.2 Å². The van der Waals surface area contributed by atoms with E-state index in [0.717, 1.165) is 21.0 Å². The Morgan fingerprint density at radius 1 is 0.976 bits per heavy atom. The Morgan fingerprint density at radius 2 is 1.66 bits per heavy atom. The summed E-state index contributed by atoms with van der Waals surface area (Å²) in [5, 5.41) is 2.91. The Labute approximate surface area is 251 Å². The van der Waals surface area contributed by atoms with Crippen LogP contribution in [0.5, 0.6) is 5.75 Å². The zero-order valence-corrected chi connectivity index (χ0v) is 26.8. The van der Waals surface area contributed by atoms with Crippen molar-refractivity contribution in [3.8, 4) is 5.75 Å². The average molecular weight is 645 g/mol. The number of nitrogens with one attached hydrogen (secondary N) is 1. The number of carbonyl (C=O) groups is 2. The lowest BCUT2D eigenvalue weighted by Crippen LogP contribution is -2.53. The highest BCUT2D eigenvalue weighted by Crippen LogP contribution is 2.31. The number of hydrogen-bond donors (Lipinski definition) is 1. The molecule has 0 saturated heterocycles. The van der Waals surface area contributed by atoms with Crippen LogP contribution in [-0.4, -0.2) is 50.9 Å². The van der Waals surface area contributed by atoms with E-state index in [1.807, 2.05) is 58.9 Å². The molecule has 10 heteroatoms. The van der Waals surface area contributed by atoms with E-state index in [0.29, 0.717) is 22.3 Å². The number of amides is 2. The minimum absolute atomic E-state index is 0.00613. The molecule has 1 atom stereocenters. The van der Waals surface area contributed by atoms with Gasteiger partial charge in [0.15, 0.2) is 0 Å². The third-order valence-electron chi connectivity index (χ3n) is 6.56. The van der Waals surface area contributed by atoms with E-state index in [1.165, 1.54) is 24.1 Å². The van der Waals surface area contributed by atoms with Gasteiger partial charge in [-0.3, -0.25) is 13.9 Å². The molecule has 0 bridgehead atoms. The van der Waals surface area contributed by atoms with Gasteiger partial charge < -0.3 is 15.0 Å². The summed E-state index contributed by atoms with van der Waals surface area (Å²) >= 11 is 3.37. The van der Waals surface area contributed by atoms with E-state index in [2.05, 4.69) is 21.2 Å². The van der Waals surface area contributed by atoms with Crippen molar-refractivity contribution < 1.29 is 22.7 Å². The van der Waals surface area contributed by atoms with Crippen LogP contribution in [0.2, 0.25) is 0 Å². The molecule has 0 fully saturated rings. The predicted octanol–water partition coefficient (Wildman–Crippen LogP) is 5.60. The lowest BCUT2D eigenvalue weighted by atomic mass is 10.1. The quantitative estimate of drug-likeness (QED) is 0.277. The normalized spacial score (nSPS) is 12.1. The SMILES string of the molecule is CCC(C(=O)NC(C)C)N(Cc1cccc(C)c1)C(=O)CN(c1ccc(C)cc1)S(=O)(=O)c1ccc(OC)c(Br)c1. The fourth-order valence-corrected chi connectivity index (χ4v) is 6.62. The minimum atomic E-state index is -4.19. The van der Waals surface area contributed by atoms with Crippen LogP contribution in [0.3, 0.4) is 0 Å². The fraction of sp³-hybridized carbons (Fsp3) is 0.355. The Kier molecular flexibility index (Phi) is 11.0. The summed E-state index contributed by atoms with van der Waals surface area (Å²) in [7, 11) is -2.70. The van der Waals surface area contributed by atoms with E-state index >= 15 is 0 Å². The molecule has 0 aliphatic heterocycles. The van der Waals surface area contributed by atoms with Crippen molar-refractivity contribution in [2.24, 2.45) is 0 Å². The van der Waals surface area contributed by atoms with E-state index < -0.39 is 28.5 Å². The Bertz CT molecular complexity index is 1480. The summed E-state index contributed by atoms with van der Waals surface area (Å²) in [5.74, 6) is -0.297. The maximum atomic E-state index is 14.1. The molecule has 0 aliphatic carbocycles. The number of anilines is 1. The second-order valence-electron chi connectivity index (χ2n) is 10.2. The molecule has 220 valence electrons. The van der Waals surface area contributed by atoms with Gasteiger partial charge in [0.1, 0.15) is 18.3 Å². The number of ether oxygens (including phenoxy) is 1. The number of carbonyl (C=O) groups excluding carboxylic acids is 2. The molecule has 0 spiro atoms. The molecule has 0 saturated carbocycles. The van der Waals surface area contributed by atoms with Crippen molar-refractivity contribution in [1.29, 1.82) is 0 Å². The third-order valence-corrected chi connectivity index (χ3v) is 8.95. The van der Waals surface area contributed by atoms with Crippen molar-refractivity contribution >= 4 is 43.5 Å². The summed E-state index contributed by atoms with van der Waals surface area (Å²) in [4.78, 5) is 28.8.